The van der Waals surface area contributed by atoms with Crippen molar-refractivity contribution in [3.8, 4) is 21.4 Å². The van der Waals surface area contributed by atoms with Crippen LogP contribution in [0.2, 0.25) is 0 Å². The van der Waals surface area contributed by atoms with Gasteiger partial charge < -0.3 is 0 Å². The molecular formula is C32H34N6O2S2. The Labute approximate surface area is 254 Å². The molecule has 42 heavy (non-hydrogen) atoms. The van der Waals surface area contributed by atoms with Gasteiger partial charge in [0.25, 0.3) is 11.8 Å². The topological polar surface area (TPSA) is 92.2 Å². The molecule has 0 spiro atoms. The van der Waals surface area contributed by atoms with Crippen LogP contribution in [0.3, 0.4) is 0 Å². The number of nitrogens with zero attached hydrogens (tertiary/aromatic N) is 6. The Bertz CT molecular complexity index is 1490. The minimum Gasteiger partial charge on any atom is -0.292 e. The fraction of sp³-hybridized carbons (Fsp3) is 0.375. The van der Waals surface area contributed by atoms with E-state index in [1.165, 1.54) is 22.7 Å². The largest absolute Gasteiger partial charge is 0.292 e. The van der Waals surface area contributed by atoms with Crippen LogP contribution < -0.4 is 9.80 Å². The first-order valence-electron chi connectivity index (χ1n) is 14.8. The molecule has 216 valence electrons. The van der Waals surface area contributed by atoms with Gasteiger partial charge in [-0.25, -0.2) is 19.9 Å². The molecule has 2 aliphatic rings. The van der Waals surface area contributed by atoms with Crippen molar-refractivity contribution in [1.29, 1.82) is 0 Å². The Morgan fingerprint density at radius 1 is 0.619 bits per heavy atom. The molecule has 0 fully saturated rings. The average molecular weight is 599 g/mol. The van der Waals surface area contributed by atoms with E-state index in [4.69, 9.17) is 9.97 Å². The molecule has 0 N–H and O–H groups in total. The van der Waals surface area contributed by atoms with E-state index in [0.717, 1.165) is 72.8 Å². The Morgan fingerprint density at radius 3 is 1.45 bits per heavy atom. The maximum Gasteiger partial charge on any atom is 0.261 e. The zero-order valence-electron chi connectivity index (χ0n) is 24.0. The number of carbonyl (C=O) groups excluding carboxylic acids is 2. The van der Waals surface area contributed by atoms with Gasteiger partial charge in [-0.15, -0.1) is 22.7 Å². The van der Waals surface area contributed by atoms with E-state index < -0.39 is 0 Å². The lowest BCUT2D eigenvalue weighted by Crippen LogP contribution is -2.30. The number of hydrogen-bond acceptors (Lipinski definition) is 8. The lowest BCUT2D eigenvalue weighted by atomic mass is 9.97. The van der Waals surface area contributed by atoms with Crippen molar-refractivity contribution in [3.63, 3.8) is 0 Å². The smallest absolute Gasteiger partial charge is 0.261 e. The van der Waals surface area contributed by atoms with Gasteiger partial charge in [-0.2, -0.15) is 0 Å². The summed E-state index contributed by atoms with van der Waals surface area (Å²) in [5.74, 6) is 0.873. The molecule has 0 saturated carbocycles. The van der Waals surface area contributed by atoms with E-state index in [2.05, 4.69) is 23.8 Å². The minimum absolute atomic E-state index is 0.170. The number of hydrogen-bond donors (Lipinski definition) is 0. The van der Waals surface area contributed by atoms with Crippen LogP contribution in [0, 0.1) is 0 Å². The number of amides is 2. The van der Waals surface area contributed by atoms with Gasteiger partial charge in [0.05, 0.1) is 11.1 Å². The molecular weight excluding hydrogens is 565 g/mol. The van der Waals surface area contributed by atoms with Crippen molar-refractivity contribution in [2.24, 2.45) is 0 Å². The first-order valence-corrected chi connectivity index (χ1v) is 16.6. The second kappa shape index (κ2) is 12.6. The number of anilines is 2. The second-order valence-corrected chi connectivity index (χ2v) is 12.4. The van der Waals surface area contributed by atoms with Crippen molar-refractivity contribution in [1.82, 2.24) is 19.9 Å². The standard InChI is InChI=1S/C32H34N6O2S2/c1-3-5-7-9-17-37-27-21(11-13-23(35-27)29-33-15-19-41-29)25(31(37)39)26-22-12-14-24(30-34-16-20-42-30)36-28(22)38(32(26)40)18-10-8-6-4-2/h11-16,19-20H,3-10,17-18H2,1-2H3/b26-25-. The minimum atomic E-state index is -0.170. The Morgan fingerprint density at radius 2 is 1.07 bits per heavy atom. The molecule has 4 aromatic rings. The first-order chi connectivity index (χ1) is 20.6. The monoisotopic (exact) mass is 598 g/mol. The number of unbranched alkanes of at least 4 members (excludes halogenated alkanes) is 6. The lowest BCUT2D eigenvalue weighted by molar-refractivity contribution is -0.114. The fourth-order valence-electron chi connectivity index (χ4n) is 5.62. The Kier molecular flexibility index (Phi) is 8.53. The molecule has 0 aromatic carbocycles. The normalized spacial score (nSPS) is 16.0. The zero-order chi connectivity index (χ0) is 29.1. The van der Waals surface area contributed by atoms with Crippen molar-refractivity contribution >= 4 is 57.3 Å². The van der Waals surface area contributed by atoms with Gasteiger partial charge in [-0.05, 0) is 37.1 Å². The van der Waals surface area contributed by atoms with E-state index in [0.29, 0.717) is 47.0 Å². The SMILES string of the molecule is CCCCCCN1C(=O)/C(=C2\C(=O)N(CCCCCC)c3nc(-c4nccs4)ccc32)c2ccc(-c3nccs3)nc21. The fourth-order valence-corrected chi connectivity index (χ4v) is 6.83. The van der Waals surface area contributed by atoms with Crippen molar-refractivity contribution in [3.05, 3.63) is 58.5 Å². The van der Waals surface area contributed by atoms with Crippen LogP contribution in [0.15, 0.2) is 47.4 Å². The van der Waals surface area contributed by atoms with Crippen LogP contribution in [0.1, 0.15) is 76.3 Å². The predicted octanol–water partition coefficient (Wildman–Crippen LogP) is 7.49. The molecule has 0 aliphatic carbocycles. The molecule has 10 heteroatoms. The molecule has 0 bridgehead atoms. The number of pyridine rings is 2. The average Bonchev–Trinajstić information content (AvgIpc) is 3.81. The van der Waals surface area contributed by atoms with Crippen molar-refractivity contribution in [2.45, 2.75) is 65.2 Å². The molecule has 0 saturated heterocycles. The molecule has 0 radical (unpaired) electrons. The summed E-state index contributed by atoms with van der Waals surface area (Å²) in [6.07, 6.45) is 11.8. The predicted molar refractivity (Wildman–Crippen MR) is 170 cm³/mol. The van der Waals surface area contributed by atoms with E-state index in [1.807, 2.05) is 35.0 Å². The summed E-state index contributed by atoms with van der Waals surface area (Å²) in [4.78, 5) is 50.7. The van der Waals surface area contributed by atoms with E-state index in [-0.39, 0.29) is 11.8 Å². The highest BCUT2D eigenvalue weighted by molar-refractivity contribution is 7.13. The molecule has 2 amide bonds. The zero-order valence-corrected chi connectivity index (χ0v) is 25.6. The summed E-state index contributed by atoms with van der Waals surface area (Å²) in [5, 5.41) is 5.44. The molecule has 6 heterocycles. The molecule has 8 nitrogen and oxygen atoms in total. The molecule has 4 aromatic heterocycles. The van der Waals surface area contributed by atoms with E-state index in [9.17, 15) is 9.59 Å². The molecule has 0 unspecified atom stereocenters. The second-order valence-electron chi connectivity index (χ2n) is 10.6. The highest BCUT2D eigenvalue weighted by Gasteiger charge is 2.43. The van der Waals surface area contributed by atoms with Gasteiger partial charge in [-0.1, -0.05) is 52.4 Å². The number of fused-ring (bicyclic) bond motifs is 2. The van der Waals surface area contributed by atoms with Gasteiger partial charge >= 0.3 is 0 Å². The summed E-state index contributed by atoms with van der Waals surface area (Å²) in [5.41, 5.74) is 3.69. The van der Waals surface area contributed by atoms with Gasteiger partial charge in [0.2, 0.25) is 0 Å². The molecule has 0 atom stereocenters. The van der Waals surface area contributed by atoms with Crippen molar-refractivity contribution in [2.75, 3.05) is 22.9 Å². The maximum atomic E-state index is 14.2. The first kappa shape index (κ1) is 28.4. The van der Waals surface area contributed by atoms with Gasteiger partial charge in [-0.3, -0.25) is 19.4 Å². The summed E-state index contributed by atoms with van der Waals surface area (Å²) >= 11 is 3.03. The number of thiazole rings is 2. The third-order valence-corrected chi connectivity index (χ3v) is 9.33. The maximum absolute atomic E-state index is 14.2. The third kappa shape index (κ3) is 5.29. The summed E-state index contributed by atoms with van der Waals surface area (Å²) in [7, 11) is 0. The van der Waals surface area contributed by atoms with Crippen LogP contribution in [-0.4, -0.2) is 44.8 Å². The molecule has 2 aliphatic heterocycles. The highest BCUT2D eigenvalue weighted by atomic mass is 32.1. The van der Waals surface area contributed by atoms with Gasteiger partial charge in [0.1, 0.15) is 33.0 Å². The van der Waals surface area contributed by atoms with Gasteiger partial charge in [0, 0.05) is 47.4 Å². The van der Waals surface area contributed by atoms with Crippen LogP contribution >= 0.6 is 22.7 Å². The number of rotatable bonds is 12. The summed E-state index contributed by atoms with van der Waals surface area (Å²) in [6, 6.07) is 7.66. The van der Waals surface area contributed by atoms with Crippen molar-refractivity contribution < 1.29 is 9.59 Å². The van der Waals surface area contributed by atoms with Crippen LogP contribution in [0.5, 0.6) is 0 Å². The van der Waals surface area contributed by atoms with E-state index >= 15 is 0 Å². The van der Waals surface area contributed by atoms with Gasteiger partial charge in [0.15, 0.2) is 0 Å². The Balaban J connectivity index is 1.46. The third-order valence-electron chi connectivity index (χ3n) is 7.74. The van der Waals surface area contributed by atoms with Crippen LogP contribution in [0.25, 0.3) is 32.5 Å². The lowest BCUT2D eigenvalue weighted by Gasteiger charge is -2.17. The summed E-state index contributed by atoms with van der Waals surface area (Å²) in [6.45, 7) is 5.46. The quantitative estimate of drug-likeness (QED) is 0.124. The molecule has 6 rings (SSSR count). The Hall–Kier alpha value is -3.76. The number of carbonyl (C=O) groups is 2. The van der Waals surface area contributed by atoms with Crippen LogP contribution in [0.4, 0.5) is 11.6 Å². The van der Waals surface area contributed by atoms with Crippen LogP contribution in [-0.2, 0) is 9.59 Å². The summed E-state index contributed by atoms with van der Waals surface area (Å²) < 4.78 is 0. The highest BCUT2D eigenvalue weighted by Crippen LogP contribution is 2.46. The number of aromatic nitrogens is 4. The van der Waals surface area contributed by atoms with E-state index in [1.54, 1.807) is 22.2 Å².